The standard InChI is InChI=1S/C15H20BrIN2O/c16-11-6-7-13(17)12(8-11)15(20)19-14(9-18)10-4-2-1-3-5-10/h6-8,10,14H,1-5,9,18H2,(H,19,20). The van der Waals surface area contributed by atoms with E-state index < -0.39 is 0 Å². The molecule has 5 heteroatoms. The molecule has 2 rings (SSSR count). The van der Waals surface area contributed by atoms with Crippen LogP contribution in [0.5, 0.6) is 0 Å². The molecule has 1 aliphatic rings. The fourth-order valence-electron chi connectivity index (χ4n) is 2.82. The average molecular weight is 451 g/mol. The van der Waals surface area contributed by atoms with Gasteiger partial charge in [-0.05, 0) is 59.5 Å². The van der Waals surface area contributed by atoms with Gasteiger partial charge in [-0.1, -0.05) is 35.2 Å². The monoisotopic (exact) mass is 450 g/mol. The summed E-state index contributed by atoms with van der Waals surface area (Å²) in [5.41, 5.74) is 6.59. The summed E-state index contributed by atoms with van der Waals surface area (Å²) < 4.78 is 1.88. The van der Waals surface area contributed by atoms with Crippen LogP contribution in [-0.4, -0.2) is 18.5 Å². The lowest BCUT2D eigenvalue weighted by atomic mass is 9.84. The molecule has 1 atom stereocenters. The van der Waals surface area contributed by atoms with Gasteiger partial charge in [0.05, 0.1) is 5.56 Å². The molecular formula is C15H20BrIN2O. The van der Waals surface area contributed by atoms with Crippen LogP contribution in [0, 0.1) is 9.49 Å². The van der Waals surface area contributed by atoms with Gasteiger partial charge in [-0.25, -0.2) is 0 Å². The lowest BCUT2D eigenvalue weighted by Crippen LogP contribution is -2.46. The molecule has 3 nitrogen and oxygen atoms in total. The molecular weight excluding hydrogens is 431 g/mol. The molecule has 3 N–H and O–H groups in total. The van der Waals surface area contributed by atoms with Crippen LogP contribution < -0.4 is 11.1 Å². The van der Waals surface area contributed by atoms with Crippen LogP contribution in [-0.2, 0) is 0 Å². The second kappa shape index (κ2) is 7.75. The highest BCUT2D eigenvalue weighted by Crippen LogP contribution is 2.26. The highest BCUT2D eigenvalue weighted by molar-refractivity contribution is 14.1. The summed E-state index contributed by atoms with van der Waals surface area (Å²) in [5.74, 6) is 0.513. The Balaban J connectivity index is 2.06. The Labute approximate surface area is 142 Å². The van der Waals surface area contributed by atoms with Crippen LogP contribution in [0.4, 0.5) is 0 Å². The summed E-state index contributed by atoms with van der Waals surface area (Å²) in [4.78, 5) is 12.4. The van der Waals surface area contributed by atoms with Crippen LogP contribution in [0.3, 0.4) is 0 Å². The summed E-state index contributed by atoms with van der Waals surface area (Å²) in [6.45, 7) is 0.515. The highest BCUT2D eigenvalue weighted by Gasteiger charge is 2.24. The van der Waals surface area contributed by atoms with Crippen molar-refractivity contribution in [1.82, 2.24) is 5.32 Å². The van der Waals surface area contributed by atoms with Crippen molar-refractivity contribution >= 4 is 44.4 Å². The third kappa shape index (κ3) is 4.18. The zero-order valence-electron chi connectivity index (χ0n) is 11.4. The van der Waals surface area contributed by atoms with E-state index in [0.29, 0.717) is 18.0 Å². The van der Waals surface area contributed by atoms with E-state index in [0.717, 1.165) is 8.04 Å². The molecule has 1 aliphatic carbocycles. The predicted molar refractivity (Wildman–Crippen MR) is 93.7 cm³/mol. The molecule has 0 aliphatic heterocycles. The highest BCUT2D eigenvalue weighted by atomic mass is 127. The molecule has 0 spiro atoms. The number of halogens is 2. The van der Waals surface area contributed by atoms with Crippen molar-refractivity contribution in [2.24, 2.45) is 11.7 Å². The van der Waals surface area contributed by atoms with Gasteiger partial charge >= 0.3 is 0 Å². The van der Waals surface area contributed by atoms with E-state index in [1.165, 1.54) is 32.1 Å². The zero-order valence-corrected chi connectivity index (χ0v) is 15.1. The van der Waals surface area contributed by atoms with E-state index in [-0.39, 0.29) is 11.9 Å². The maximum atomic E-state index is 12.4. The molecule has 0 saturated heterocycles. The van der Waals surface area contributed by atoms with Crippen molar-refractivity contribution in [2.45, 2.75) is 38.1 Å². The van der Waals surface area contributed by atoms with Crippen molar-refractivity contribution in [3.63, 3.8) is 0 Å². The number of benzene rings is 1. The van der Waals surface area contributed by atoms with Gasteiger partial charge in [0, 0.05) is 20.6 Å². The zero-order chi connectivity index (χ0) is 14.5. The number of amides is 1. The van der Waals surface area contributed by atoms with Gasteiger partial charge in [0.1, 0.15) is 0 Å². The molecule has 1 fully saturated rings. The van der Waals surface area contributed by atoms with Gasteiger partial charge in [0.25, 0.3) is 5.91 Å². The number of carbonyl (C=O) groups is 1. The second-order valence-electron chi connectivity index (χ2n) is 5.34. The molecule has 0 aromatic heterocycles. The van der Waals surface area contributed by atoms with E-state index in [4.69, 9.17) is 5.73 Å². The summed E-state index contributed by atoms with van der Waals surface area (Å²) in [7, 11) is 0. The molecule has 0 radical (unpaired) electrons. The number of carbonyl (C=O) groups excluding carboxylic acids is 1. The van der Waals surface area contributed by atoms with Crippen molar-refractivity contribution in [1.29, 1.82) is 0 Å². The third-order valence-electron chi connectivity index (χ3n) is 3.96. The minimum absolute atomic E-state index is 0.0169. The minimum Gasteiger partial charge on any atom is -0.348 e. The first kappa shape index (κ1) is 16.2. The Hall–Kier alpha value is -0.140. The molecule has 1 aromatic carbocycles. The fourth-order valence-corrected chi connectivity index (χ4v) is 3.76. The smallest absolute Gasteiger partial charge is 0.252 e. The normalized spacial score (nSPS) is 17.8. The number of hydrogen-bond acceptors (Lipinski definition) is 2. The van der Waals surface area contributed by atoms with E-state index in [2.05, 4.69) is 43.8 Å². The van der Waals surface area contributed by atoms with E-state index in [1.807, 2.05) is 18.2 Å². The lowest BCUT2D eigenvalue weighted by molar-refractivity contribution is 0.0914. The summed E-state index contributed by atoms with van der Waals surface area (Å²) >= 11 is 5.61. The molecule has 0 heterocycles. The van der Waals surface area contributed by atoms with Crippen LogP contribution in [0.1, 0.15) is 42.5 Å². The van der Waals surface area contributed by atoms with Crippen LogP contribution in [0.15, 0.2) is 22.7 Å². The van der Waals surface area contributed by atoms with Gasteiger partial charge < -0.3 is 11.1 Å². The van der Waals surface area contributed by atoms with Crippen molar-refractivity contribution in [3.8, 4) is 0 Å². The topological polar surface area (TPSA) is 55.1 Å². The van der Waals surface area contributed by atoms with E-state index in [9.17, 15) is 4.79 Å². The Morgan fingerprint density at radius 2 is 2.10 bits per heavy atom. The van der Waals surface area contributed by atoms with Crippen LogP contribution >= 0.6 is 38.5 Å². The second-order valence-corrected chi connectivity index (χ2v) is 7.42. The maximum Gasteiger partial charge on any atom is 0.252 e. The lowest BCUT2D eigenvalue weighted by Gasteiger charge is -2.30. The van der Waals surface area contributed by atoms with Crippen LogP contribution in [0.2, 0.25) is 0 Å². The van der Waals surface area contributed by atoms with Crippen molar-refractivity contribution < 1.29 is 4.79 Å². The largest absolute Gasteiger partial charge is 0.348 e. The molecule has 20 heavy (non-hydrogen) atoms. The number of nitrogens with two attached hydrogens (primary N) is 1. The third-order valence-corrected chi connectivity index (χ3v) is 5.40. The first-order valence-electron chi connectivity index (χ1n) is 7.08. The summed E-state index contributed by atoms with van der Waals surface area (Å²) in [5, 5.41) is 3.13. The Kier molecular flexibility index (Phi) is 6.29. The average Bonchev–Trinajstić information content (AvgIpc) is 2.48. The Morgan fingerprint density at radius 1 is 1.40 bits per heavy atom. The Bertz CT molecular complexity index is 475. The summed E-state index contributed by atoms with van der Waals surface area (Å²) in [6, 6.07) is 5.85. The minimum atomic E-state index is -0.0169. The van der Waals surface area contributed by atoms with Crippen molar-refractivity contribution in [2.75, 3.05) is 6.54 Å². The molecule has 0 bridgehead atoms. The van der Waals surface area contributed by atoms with Gasteiger partial charge in [-0.3, -0.25) is 4.79 Å². The quantitative estimate of drug-likeness (QED) is 0.687. The molecule has 1 saturated carbocycles. The van der Waals surface area contributed by atoms with Crippen LogP contribution in [0.25, 0.3) is 0 Å². The first-order chi connectivity index (χ1) is 9.61. The van der Waals surface area contributed by atoms with Gasteiger partial charge in [-0.15, -0.1) is 0 Å². The number of hydrogen-bond donors (Lipinski definition) is 2. The van der Waals surface area contributed by atoms with Gasteiger partial charge in [0.2, 0.25) is 0 Å². The SMILES string of the molecule is NCC(NC(=O)c1cc(Br)ccc1I)C1CCCCC1. The first-order valence-corrected chi connectivity index (χ1v) is 8.95. The van der Waals surface area contributed by atoms with E-state index >= 15 is 0 Å². The number of rotatable bonds is 4. The maximum absolute atomic E-state index is 12.4. The summed E-state index contributed by atoms with van der Waals surface area (Å²) in [6.07, 6.45) is 6.18. The van der Waals surface area contributed by atoms with Gasteiger partial charge in [0.15, 0.2) is 0 Å². The molecule has 1 aromatic rings. The Morgan fingerprint density at radius 3 is 2.75 bits per heavy atom. The fraction of sp³-hybridized carbons (Fsp3) is 0.533. The predicted octanol–water partition coefficient (Wildman–Crippen LogP) is 3.69. The van der Waals surface area contributed by atoms with Gasteiger partial charge in [-0.2, -0.15) is 0 Å². The molecule has 1 amide bonds. The molecule has 110 valence electrons. The van der Waals surface area contributed by atoms with E-state index in [1.54, 1.807) is 0 Å². The molecule has 1 unspecified atom stereocenters. The van der Waals surface area contributed by atoms with Crippen molar-refractivity contribution in [3.05, 3.63) is 31.8 Å². The number of nitrogens with one attached hydrogen (secondary N) is 1.